The van der Waals surface area contributed by atoms with Crippen LogP contribution in [0, 0.1) is 0 Å². The summed E-state index contributed by atoms with van der Waals surface area (Å²) in [6, 6.07) is 0. The Morgan fingerprint density at radius 1 is 1.43 bits per heavy atom. The lowest BCUT2D eigenvalue weighted by Crippen LogP contribution is -2.27. The molecule has 0 spiro atoms. The van der Waals surface area contributed by atoms with E-state index in [4.69, 9.17) is 4.74 Å². The van der Waals surface area contributed by atoms with Crippen LogP contribution in [0.25, 0.3) is 0 Å². The van der Waals surface area contributed by atoms with Crippen LogP contribution in [-0.4, -0.2) is 44.9 Å². The monoisotopic (exact) mass is 224 g/mol. The Balaban J connectivity index is 3.78. The second-order valence-corrected chi connectivity index (χ2v) is 5.78. The normalized spacial score (nSPS) is 16.6. The summed E-state index contributed by atoms with van der Waals surface area (Å²) in [4.78, 5) is 0. The van der Waals surface area contributed by atoms with Crippen molar-refractivity contribution in [3.05, 3.63) is 0 Å². The van der Waals surface area contributed by atoms with E-state index in [-0.39, 0.29) is 11.9 Å². The summed E-state index contributed by atoms with van der Waals surface area (Å²) in [5.74, 6) is 0.129. The molecule has 0 bridgehead atoms. The summed E-state index contributed by atoms with van der Waals surface area (Å²) < 4.78 is 26.7. The fraction of sp³-hybridized carbons (Fsp3) is 1.00. The molecule has 0 aliphatic carbocycles. The topological polar surface area (TPSA) is 63.6 Å². The van der Waals surface area contributed by atoms with E-state index in [2.05, 4.69) is 0 Å². The van der Waals surface area contributed by atoms with Crippen molar-refractivity contribution in [1.82, 2.24) is 0 Å². The van der Waals surface area contributed by atoms with Crippen LogP contribution in [0.5, 0.6) is 0 Å². The van der Waals surface area contributed by atoms with Gasteiger partial charge in [-0.2, -0.15) is 0 Å². The molecule has 0 aliphatic heterocycles. The molecule has 0 heterocycles. The lowest BCUT2D eigenvalue weighted by molar-refractivity contribution is -0.0173. The van der Waals surface area contributed by atoms with Crippen molar-refractivity contribution in [2.24, 2.45) is 0 Å². The third-order valence-corrected chi connectivity index (χ3v) is 3.18. The van der Waals surface area contributed by atoms with Gasteiger partial charge in [0.25, 0.3) is 0 Å². The molecule has 2 unspecified atom stereocenters. The predicted octanol–water partition coefficient (Wildman–Crippen LogP) is 0.597. The van der Waals surface area contributed by atoms with Gasteiger partial charge in [0, 0.05) is 19.1 Å². The first-order valence-corrected chi connectivity index (χ1v) is 6.85. The highest BCUT2D eigenvalue weighted by molar-refractivity contribution is 7.90. The Hall–Kier alpha value is -0.130. The van der Waals surface area contributed by atoms with Crippen LogP contribution in [0.3, 0.4) is 0 Å². The highest BCUT2D eigenvalue weighted by Gasteiger charge is 2.16. The third-order valence-electron chi connectivity index (χ3n) is 2.15. The van der Waals surface area contributed by atoms with Crippen LogP contribution in [0.1, 0.15) is 26.2 Å². The summed E-state index contributed by atoms with van der Waals surface area (Å²) in [5, 5.41) is 9.59. The van der Waals surface area contributed by atoms with Crippen molar-refractivity contribution in [3.63, 3.8) is 0 Å². The van der Waals surface area contributed by atoms with Crippen LogP contribution < -0.4 is 0 Å². The van der Waals surface area contributed by atoms with Crippen molar-refractivity contribution >= 4 is 9.84 Å². The van der Waals surface area contributed by atoms with Crippen LogP contribution in [0.15, 0.2) is 0 Å². The van der Waals surface area contributed by atoms with Gasteiger partial charge in [-0.05, 0) is 19.3 Å². The Bertz CT molecular complexity index is 231. The first-order valence-electron chi connectivity index (χ1n) is 4.79. The number of aliphatic hydroxyl groups is 1. The van der Waals surface area contributed by atoms with Gasteiger partial charge in [-0.1, -0.05) is 6.92 Å². The van der Waals surface area contributed by atoms with Crippen molar-refractivity contribution in [2.45, 2.75) is 38.4 Å². The zero-order valence-electron chi connectivity index (χ0n) is 9.06. The van der Waals surface area contributed by atoms with Gasteiger partial charge in [0.1, 0.15) is 9.84 Å². The average molecular weight is 224 g/mol. The molecule has 0 aromatic heterocycles. The van der Waals surface area contributed by atoms with Crippen molar-refractivity contribution in [2.75, 3.05) is 19.1 Å². The standard InChI is InChI=1S/C9H20O4S/c1-4-9(13-2)8(10)6-5-7-14(3,11)12/h8-10H,4-7H2,1-3H3. The fourth-order valence-corrected chi connectivity index (χ4v) is 2.03. The Kier molecular flexibility index (Phi) is 6.31. The lowest BCUT2D eigenvalue weighted by Gasteiger charge is -2.19. The van der Waals surface area contributed by atoms with Crippen molar-refractivity contribution in [1.29, 1.82) is 0 Å². The number of aliphatic hydroxyl groups excluding tert-OH is 1. The smallest absolute Gasteiger partial charge is 0.147 e. The van der Waals surface area contributed by atoms with Crippen LogP contribution in [0.4, 0.5) is 0 Å². The van der Waals surface area contributed by atoms with Gasteiger partial charge in [-0.25, -0.2) is 8.42 Å². The first-order chi connectivity index (χ1) is 6.40. The number of sulfone groups is 1. The second-order valence-electron chi connectivity index (χ2n) is 3.52. The minimum absolute atomic E-state index is 0.129. The summed E-state index contributed by atoms with van der Waals surface area (Å²) >= 11 is 0. The minimum atomic E-state index is -2.91. The molecule has 0 radical (unpaired) electrons. The number of rotatable bonds is 7. The summed E-state index contributed by atoms with van der Waals surface area (Å²) in [6.07, 6.45) is 2.14. The molecule has 0 fully saturated rings. The number of hydrogen-bond donors (Lipinski definition) is 1. The Morgan fingerprint density at radius 3 is 2.36 bits per heavy atom. The fourth-order valence-electron chi connectivity index (χ4n) is 1.34. The SMILES string of the molecule is CCC(OC)C(O)CCCS(C)(=O)=O. The molecule has 0 amide bonds. The Morgan fingerprint density at radius 2 is 2.00 bits per heavy atom. The van der Waals surface area contributed by atoms with Crippen LogP contribution in [-0.2, 0) is 14.6 Å². The Labute approximate surface area is 86.2 Å². The van der Waals surface area contributed by atoms with E-state index in [1.807, 2.05) is 6.92 Å². The van der Waals surface area contributed by atoms with E-state index < -0.39 is 15.9 Å². The van der Waals surface area contributed by atoms with E-state index in [0.29, 0.717) is 12.8 Å². The maximum absolute atomic E-state index is 10.8. The largest absolute Gasteiger partial charge is 0.390 e. The quantitative estimate of drug-likeness (QED) is 0.687. The molecule has 86 valence electrons. The molecule has 0 aliphatic rings. The van der Waals surface area contributed by atoms with Gasteiger partial charge in [-0.15, -0.1) is 0 Å². The highest BCUT2D eigenvalue weighted by atomic mass is 32.2. The van der Waals surface area contributed by atoms with Gasteiger partial charge in [0.2, 0.25) is 0 Å². The van der Waals surface area contributed by atoms with Gasteiger partial charge in [-0.3, -0.25) is 0 Å². The molecule has 0 aromatic carbocycles. The zero-order chi connectivity index (χ0) is 11.2. The maximum Gasteiger partial charge on any atom is 0.147 e. The van der Waals surface area contributed by atoms with Crippen molar-refractivity contribution < 1.29 is 18.3 Å². The van der Waals surface area contributed by atoms with Crippen LogP contribution in [0.2, 0.25) is 0 Å². The molecule has 0 saturated carbocycles. The molecule has 0 rings (SSSR count). The molecule has 1 N–H and O–H groups in total. The molecule has 0 saturated heterocycles. The van der Waals surface area contributed by atoms with E-state index >= 15 is 0 Å². The summed E-state index contributed by atoms with van der Waals surface area (Å²) in [5.41, 5.74) is 0. The van der Waals surface area contributed by atoms with Gasteiger partial charge < -0.3 is 9.84 Å². The minimum Gasteiger partial charge on any atom is -0.390 e. The maximum atomic E-state index is 10.8. The van der Waals surface area contributed by atoms with Gasteiger partial charge in [0.05, 0.1) is 12.2 Å². The molecule has 5 heteroatoms. The second kappa shape index (κ2) is 6.37. The zero-order valence-corrected chi connectivity index (χ0v) is 9.88. The first kappa shape index (κ1) is 13.9. The number of ether oxygens (including phenoxy) is 1. The lowest BCUT2D eigenvalue weighted by atomic mass is 10.1. The summed E-state index contributed by atoms with van der Waals surface area (Å²) in [7, 11) is -1.36. The average Bonchev–Trinajstić information content (AvgIpc) is 2.04. The number of hydrogen-bond acceptors (Lipinski definition) is 4. The van der Waals surface area contributed by atoms with E-state index in [0.717, 1.165) is 6.42 Å². The molecule has 4 nitrogen and oxygen atoms in total. The summed E-state index contributed by atoms with van der Waals surface area (Å²) in [6.45, 7) is 1.92. The van der Waals surface area contributed by atoms with Crippen LogP contribution >= 0.6 is 0 Å². The van der Waals surface area contributed by atoms with Gasteiger partial charge >= 0.3 is 0 Å². The van der Waals surface area contributed by atoms with E-state index in [9.17, 15) is 13.5 Å². The number of methoxy groups -OCH3 is 1. The van der Waals surface area contributed by atoms with Gasteiger partial charge in [0.15, 0.2) is 0 Å². The highest BCUT2D eigenvalue weighted by Crippen LogP contribution is 2.09. The molecule has 2 atom stereocenters. The van der Waals surface area contributed by atoms with Crippen molar-refractivity contribution in [3.8, 4) is 0 Å². The molecular weight excluding hydrogens is 204 g/mol. The van der Waals surface area contributed by atoms with E-state index in [1.165, 1.54) is 6.26 Å². The molecule has 14 heavy (non-hydrogen) atoms. The predicted molar refractivity (Wildman–Crippen MR) is 56.0 cm³/mol. The molecule has 0 aromatic rings. The molecular formula is C9H20O4S. The van der Waals surface area contributed by atoms with E-state index in [1.54, 1.807) is 7.11 Å². The third kappa shape index (κ3) is 6.34.